The van der Waals surface area contributed by atoms with Gasteiger partial charge in [0.2, 0.25) is 0 Å². The van der Waals surface area contributed by atoms with Crippen molar-refractivity contribution in [3.05, 3.63) is 39.4 Å². The molecular formula is C15H19ClN2O3. The summed E-state index contributed by atoms with van der Waals surface area (Å²) < 4.78 is 0. The van der Waals surface area contributed by atoms with Crippen LogP contribution < -0.4 is 0 Å². The van der Waals surface area contributed by atoms with Crippen LogP contribution in [0.2, 0.25) is 0 Å². The van der Waals surface area contributed by atoms with E-state index in [4.69, 9.17) is 11.6 Å². The number of nitrogens with zero attached hydrogens (tertiary/aromatic N) is 2. The van der Waals surface area contributed by atoms with Crippen LogP contribution in [0.15, 0.2) is 18.2 Å². The van der Waals surface area contributed by atoms with Crippen LogP contribution in [0, 0.1) is 17.0 Å². The van der Waals surface area contributed by atoms with Crippen LogP contribution in [0.25, 0.3) is 0 Å². The van der Waals surface area contributed by atoms with Gasteiger partial charge < -0.3 is 4.90 Å². The Morgan fingerprint density at radius 3 is 2.81 bits per heavy atom. The van der Waals surface area contributed by atoms with Crippen molar-refractivity contribution in [3.8, 4) is 0 Å². The number of hydrogen-bond acceptors (Lipinski definition) is 3. The van der Waals surface area contributed by atoms with Crippen LogP contribution >= 0.6 is 11.6 Å². The monoisotopic (exact) mass is 310 g/mol. The summed E-state index contributed by atoms with van der Waals surface area (Å²) in [5, 5.41) is 10.8. The lowest BCUT2D eigenvalue weighted by atomic mass is 10.1. The summed E-state index contributed by atoms with van der Waals surface area (Å²) >= 11 is 6.00. The molecule has 114 valence electrons. The molecular weight excluding hydrogens is 292 g/mol. The number of benzene rings is 1. The number of amides is 1. The average Bonchev–Trinajstić information content (AvgIpc) is 2.71. The Hall–Kier alpha value is -1.62. The van der Waals surface area contributed by atoms with E-state index in [9.17, 15) is 14.9 Å². The van der Waals surface area contributed by atoms with Crippen molar-refractivity contribution in [2.45, 2.75) is 38.6 Å². The Kier molecular flexibility index (Phi) is 5.17. The van der Waals surface area contributed by atoms with Crippen LogP contribution in [-0.4, -0.2) is 34.2 Å². The minimum atomic E-state index is -0.450. The molecule has 1 heterocycles. The smallest absolute Gasteiger partial charge is 0.269 e. The third kappa shape index (κ3) is 3.53. The second kappa shape index (κ2) is 6.89. The van der Waals surface area contributed by atoms with Gasteiger partial charge in [-0.05, 0) is 31.4 Å². The molecule has 1 fully saturated rings. The second-order valence-electron chi connectivity index (χ2n) is 5.41. The van der Waals surface area contributed by atoms with E-state index in [1.165, 1.54) is 12.1 Å². The zero-order chi connectivity index (χ0) is 15.4. The maximum absolute atomic E-state index is 12.7. The third-order valence-electron chi connectivity index (χ3n) is 3.97. The predicted molar refractivity (Wildman–Crippen MR) is 81.8 cm³/mol. The van der Waals surface area contributed by atoms with E-state index in [-0.39, 0.29) is 17.6 Å². The van der Waals surface area contributed by atoms with Gasteiger partial charge in [0.25, 0.3) is 11.6 Å². The van der Waals surface area contributed by atoms with Gasteiger partial charge in [0, 0.05) is 36.2 Å². The molecule has 5 nitrogen and oxygen atoms in total. The van der Waals surface area contributed by atoms with Gasteiger partial charge in [-0.3, -0.25) is 14.9 Å². The van der Waals surface area contributed by atoms with E-state index in [1.54, 1.807) is 13.0 Å². The molecule has 0 N–H and O–H groups in total. The Labute approximate surface area is 129 Å². The fraction of sp³-hybridized carbons (Fsp3) is 0.533. The number of hydrogen-bond donors (Lipinski definition) is 0. The highest BCUT2D eigenvalue weighted by Crippen LogP contribution is 2.23. The molecule has 1 saturated heterocycles. The van der Waals surface area contributed by atoms with Gasteiger partial charge in [-0.25, -0.2) is 0 Å². The van der Waals surface area contributed by atoms with Gasteiger partial charge in [-0.15, -0.1) is 11.6 Å². The molecule has 6 heteroatoms. The van der Waals surface area contributed by atoms with Crippen LogP contribution in [-0.2, 0) is 0 Å². The first kappa shape index (κ1) is 15.8. The Morgan fingerprint density at radius 1 is 1.43 bits per heavy atom. The van der Waals surface area contributed by atoms with Crippen molar-refractivity contribution in [1.82, 2.24) is 4.90 Å². The minimum Gasteiger partial charge on any atom is -0.334 e. The zero-order valence-corrected chi connectivity index (χ0v) is 12.8. The summed E-state index contributed by atoms with van der Waals surface area (Å²) in [6, 6.07) is 4.43. The SMILES string of the molecule is Cc1cc([N+](=O)[O-])ccc1C(=O)N1CCCCCC1CCl. The average molecular weight is 311 g/mol. The van der Waals surface area contributed by atoms with Crippen molar-refractivity contribution < 1.29 is 9.72 Å². The molecule has 0 bridgehead atoms. The van der Waals surface area contributed by atoms with Gasteiger partial charge in [0.15, 0.2) is 0 Å². The van der Waals surface area contributed by atoms with Crippen LogP contribution in [0.1, 0.15) is 41.6 Å². The van der Waals surface area contributed by atoms with Crippen molar-refractivity contribution >= 4 is 23.2 Å². The molecule has 1 aliphatic rings. The number of rotatable bonds is 3. The van der Waals surface area contributed by atoms with Crippen molar-refractivity contribution in [1.29, 1.82) is 0 Å². The summed E-state index contributed by atoms with van der Waals surface area (Å²) in [6.07, 6.45) is 4.09. The quantitative estimate of drug-likeness (QED) is 0.487. The maximum Gasteiger partial charge on any atom is 0.269 e. The summed E-state index contributed by atoms with van der Waals surface area (Å²) in [6.45, 7) is 2.43. The molecule has 1 unspecified atom stereocenters. The molecule has 1 aliphatic heterocycles. The van der Waals surface area contributed by atoms with Crippen LogP contribution in [0.5, 0.6) is 0 Å². The van der Waals surface area contributed by atoms with Gasteiger partial charge in [0.05, 0.1) is 4.92 Å². The molecule has 0 saturated carbocycles. The first-order valence-electron chi connectivity index (χ1n) is 7.16. The Bertz CT molecular complexity index is 548. The molecule has 1 aromatic rings. The molecule has 0 aromatic heterocycles. The van der Waals surface area contributed by atoms with E-state index in [2.05, 4.69) is 0 Å². The summed E-state index contributed by atoms with van der Waals surface area (Å²) in [5.41, 5.74) is 1.16. The van der Waals surface area contributed by atoms with Crippen molar-refractivity contribution in [3.63, 3.8) is 0 Å². The zero-order valence-electron chi connectivity index (χ0n) is 12.0. The first-order chi connectivity index (χ1) is 10.0. The Balaban J connectivity index is 2.27. The van der Waals surface area contributed by atoms with E-state index in [0.29, 0.717) is 23.6 Å². The van der Waals surface area contributed by atoms with Gasteiger partial charge in [0.1, 0.15) is 0 Å². The number of nitro benzene ring substituents is 1. The normalized spacial score (nSPS) is 19.1. The number of aryl methyl sites for hydroxylation is 1. The number of nitro groups is 1. The molecule has 0 radical (unpaired) electrons. The number of likely N-dealkylation sites (tertiary alicyclic amines) is 1. The van der Waals surface area contributed by atoms with E-state index >= 15 is 0 Å². The standard InChI is InChI=1S/C15H19ClN2O3/c1-11-9-12(18(20)21)6-7-14(11)15(19)17-8-4-2-3-5-13(17)10-16/h6-7,9,13H,2-5,8,10H2,1H3. The number of carbonyl (C=O) groups is 1. The maximum atomic E-state index is 12.7. The summed E-state index contributed by atoms with van der Waals surface area (Å²) in [4.78, 5) is 24.9. The highest BCUT2D eigenvalue weighted by Gasteiger charge is 2.27. The molecule has 1 amide bonds. The molecule has 2 rings (SSSR count). The highest BCUT2D eigenvalue weighted by atomic mass is 35.5. The Morgan fingerprint density at radius 2 is 2.19 bits per heavy atom. The summed E-state index contributed by atoms with van der Waals surface area (Å²) in [5.74, 6) is 0.354. The lowest BCUT2D eigenvalue weighted by molar-refractivity contribution is -0.384. The largest absolute Gasteiger partial charge is 0.334 e. The topological polar surface area (TPSA) is 63.5 Å². The minimum absolute atomic E-state index is 0.00816. The molecule has 0 aliphatic carbocycles. The third-order valence-corrected chi connectivity index (χ3v) is 4.32. The lowest BCUT2D eigenvalue weighted by Crippen LogP contribution is -2.41. The summed E-state index contributed by atoms with van der Waals surface area (Å²) in [7, 11) is 0. The number of non-ortho nitro benzene ring substituents is 1. The number of carbonyl (C=O) groups excluding carboxylic acids is 1. The van der Waals surface area contributed by atoms with E-state index in [0.717, 1.165) is 25.7 Å². The van der Waals surface area contributed by atoms with Crippen LogP contribution in [0.4, 0.5) is 5.69 Å². The molecule has 1 aromatic carbocycles. The van der Waals surface area contributed by atoms with E-state index < -0.39 is 4.92 Å². The van der Waals surface area contributed by atoms with Crippen LogP contribution in [0.3, 0.4) is 0 Å². The predicted octanol–water partition coefficient (Wildman–Crippen LogP) is 3.53. The van der Waals surface area contributed by atoms with E-state index in [1.807, 2.05) is 4.90 Å². The lowest BCUT2D eigenvalue weighted by Gasteiger charge is -2.29. The molecule has 1 atom stereocenters. The molecule has 21 heavy (non-hydrogen) atoms. The fourth-order valence-corrected chi connectivity index (χ4v) is 3.08. The molecule has 0 spiro atoms. The second-order valence-corrected chi connectivity index (χ2v) is 5.72. The first-order valence-corrected chi connectivity index (χ1v) is 7.70. The van der Waals surface area contributed by atoms with Gasteiger partial charge >= 0.3 is 0 Å². The van der Waals surface area contributed by atoms with Gasteiger partial charge in [-0.2, -0.15) is 0 Å². The highest BCUT2D eigenvalue weighted by molar-refractivity contribution is 6.18. The number of halogens is 1. The van der Waals surface area contributed by atoms with Gasteiger partial charge in [-0.1, -0.05) is 12.8 Å². The van der Waals surface area contributed by atoms with Crippen molar-refractivity contribution in [2.75, 3.05) is 12.4 Å². The number of alkyl halides is 1. The fourth-order valence-electron chi connectivity index (χ4n) is 2.76. The van der Waals surface area contributed by atoms with Crippen molar-refractivity contribution in [2.24, 2.45) is 0 Å².